The molecule has 2 aromatic heterocycles. The lowest BCUT2D eigenvalue weighted by atomic mass is 10.2. The molecular weight excluding hydrogens is 296 g/mol. The van der Waals surface area contributed by atoms with Gasteiger partial charge in [-0.15, -0.1) is 0 Å². The third-order valence-electron chi connectivity index (χ3n) is 3.25. The Morgan fingerprint density at radius 3 is 3.04 bits per heavy atom. The van der Waals surface area contributed by atoms with Crippen LogP contribution in [0.3, 0.4) is 0 Å². The lowest BCUT2D eigenvalue weighted by Crippen LogP contribution is -2.18. The van der Waals surface area contributed by atoms with Crippen LogP contribution in [-0.2, 0) is 16.1 Å². The Kier molecular flexibility index (Phi) is 4.49. The quantitative estimate of drug-likeness (QED) is 0.728. The van der Waals surface area contributed by atoms with Crippen molar-refractivity contribution in [3.8, 4) is 5.75 Å². The minimum Gasteiger partial charge on any atom is -0.497 e. The standard InChI is InChI=1S/C16H16N4O3/c1-22-12-4-5-14-13(7-12)16(20-19-14)18-15(21)10-23-9-11-3-2-6-17-8-11/h2-8H,9-10H2,1H3,(H2,18,19,20,21). The highest BCUT2D eigenvalue weighted by atomic mass is 16.5. The van der Waals surface area contributed by atoms with Crippen LogP contribution in [0.4, 0.5) is 5.82 Å². The zero-order valence-electron chi connectivity index (χ0n) is 12.6. The molecule has 0 saturated carbocycles. The van der Waals surface area contributed by atoms with Gasteiger partial charge in [0.25, 0.3) is 5.91 Å². The van der Waals surface area contributed by atoms with Crippen LogP contribution in [-0.4, -0.2) is 34.8 Å². The van der Waals surface area contributed by atoms with E-state index in [9.17, 15) is 4.79 Å². The van der Waals surface area contributed by atoms with E-state index in [1.807, 2.05) is 30.3 Å². The first-order chi connectivity index (χ1) is 11.3. The summed E-state index contributed by atoms with van der Waals surface area (Å²) in [6.45, 7) is 0.267. The first-order valence-electron chi connectivity index (χ1n) is 7.05. The molecule has 7 nitrogen and oxygen atoms in total. The van der Waals surface area contributed by atoms with E-state index in [2.05, 4.69) is 20.5 Å². The van der Waals surface area contributed by atoms with Crippen molar-refractivity contribution < 1.29 is 14.3 Å². The van der Waals surface area contributed by atoms with Crippen LogP contribution in [0.15, 0.2) is 42.7 Å². The highest BCUT2D eigenvalue weighted by molar-refractivity contribution is 6.00. The van der Waals surface area contributed by atoms with E-state index in [-0.39, 0.29) is 12.5 Å². The van der Waals surface area contributed by atoms with Crippen molar-refractivity contribution in [2.45, 2.75) is 6.61 Å². The predicted octanol–water partition coefficient (Wildman–Crippen LogP) is 2.12. The lowest BCUT2D eigenvalue weighted by Gasteiger charge is -2.05. The highest BCUT2D eigenvalue weighted by Gasteiger charge is 2.10. The van der Waals surface area contributed by atoms with Gasteiger partial charge in [0.2, 0.25) is 0 Å². The summed E-state index contributed by atoms with van der Waals surface area (Å²) >= 11 is 0. The van der Waals surface area contributed by atoms with E-state index in [1.165, 1.54) is 0 Å². The number of nitrogens with one attached hydrogen (secondary N) is 2. The van der Waals surface area contributed by atoms with Crippen LogP contribution < -0.4 is 10.1 Å². The number of methoxy groups -OCH3 is 1. The van der Waals surface area contributed by atoms with E-state index in [1.54, 1.807) is 19.5 Å². The number of fused-ring (bicyclic) bond motifs is 1. The first-order valence-corrected chi connectivity index (χ1v) is 7.05. The monoisotopic (exact) mass is 312 g/mol. The molecule has 0 unspecified atom stereocenters. The summed E-state index contributed by atoms with van der Waals surface area (Å²) in [6.07, 6.45) is 3.39. The summed E-state index contributed by atoms with van der Waals surface area (Å²) in [4.78, 5) is 15.9. The minimum atomic E-state index is -0.273. The van der Waals surface area contributed by atoms with Gasteiger partial charge in [0.15, 0.2) is 5.82 Å². The Labute approximate surface area is 132 Å². The Hall–Kier alpha value is -2.93. The Bertz CT molecular complexity index is 801. The van der Waals surface area contributed by atoms with Crippen molar-refractivity contribution in [3.63, 3.8) is 0 Å². The van der Waals surface area contributed by atoms with Crippen LogP contribution in [0.25, 0.3) is 10.9 Å². The van der Waals surface area contributed by atoms with E-state index < -0.39 is 0 Å². The molecule has 0 aliphatic carbocycles. The number of H-pyrrole nitrogens is 1. The van der Waals surface area contributed by atoms with Gasteiger partial charge in [0.05, 0.1) is 19.2 Å². The Balaban J connectivity index is 1.59. The molecule has 3 aromatic rings. The average Bonchev–Trinajstić information content (AvgIpc) is 2.98. The molecule has 1 aromatic carbocycles. The van der Waals surface area contributed by atoms with Gasteiger partial charge in [-0.3, -0.25) is 14.9 Å². The fourth-order valence-corrected chi connectivity index (χ4v) is 2.13. The lowest BCUT2D eigenvalue weighted by molar-refractivity contribution is -0.121. The number of benzene rings is 1. The van der Waals surface area contributed by atoms with Crippen molar-refractivity contribution in [1.82, 2.24) is 15.2 Å². The molecule has 0 aliphatic heterocycles. The van der Waals surface area contributed by atoms with Crippen molar-refractivity contribution >= 4 is 22.6 Å². The molecule has 23 heavy (non-hydrogen) atoms. The van der Waals surface area contributed by atoms with Gasteiger partial charge in [-0.1, -0.05) is 6.07 Å². The van der Waals surface area contributed by atoms with Crippen molar-refractivity contribution in [3.05, 3.63) is 48.3 Å². The second kappa shape index (κ2) is 6.89. The molecule has 0 radical (unpaired) electrons. The van der Waals surface area contributed by atoms with Crippen LogP contribution in [0, 0.1) is 0 Å². The molecule has 0 atom stereocenters. The number of hydrogen-bond donors (Lipinski definition) is 2. The fraction of sp³-hybridized carbons (Fsp3) is 0.188. The minimum absolute atomic E-state index is 0.0623. The highest BCUT2D eigenvalue weighted by Crippen LogP contribution is 2.24. The van der Waals surface area contributed by atoms with Gasteiger partial charge in [-0.25, -0.2) is 0 Å². The summed E-state index contributed by atoms with van der Waals surface area (Å²) in [5, 5.41) is 10.5. The van der Waals surface area contributed by atoms with Gasteiger partial charge < -0.3 is 14.8 Å². The van der Waals surface area contributed by atoms with E-state index in [0.717, 1.165) is 16.5 Å². The van der Waals surface area contributed by atoms with Crippen molar-refractivity contribution in [2.75, 3.05) is 19.0 Å². The number of carbonyl (C=O) groups is 1. The topological polar surface area (TPSA) is 89.1 Å². The largest absolute Gasteiger partial charge is 0.497 e. The van der Waals surface area contributed by atoms with E-state index in [0.29, 0.717) is 18.2 Å². The molecule has 7 heteroatoms. The summed E-state index contributed by atoms with van der Waals surface area (Å²) in [7, 11) is 1.59. The normalized spacial score (nSPS) is 10.7. The zero-order valence-corrected chi connectivity index (χ0v) is 12.6. The van der Waals surface area contributed by atoms with Crippen molar-refractivity contribution in [2.24, 2.45) is 0 Å². The molecule has 0 aliphatic rings. The number of carbonyl (C=O) groups excluding carboxylic acids is 1. The molecule has 2 heterocycles. The maximum absolute atomic E-state index is 12.0. The molecule has 0 saturated heterocycles. The average molecular weight is 312 g/mol. The van der Waals surface area contributed by atoms with E-state index in [4.69, 9.17) is 9.47 Å². The number of amides is 1. The summed E-state index contributed by atoms with van der Waals surface area (Å²) in [5.74, 6) is 0.876. The third-order valence-corrected chi connectivity index (χ3v) is 3.25. The zero-order chi connectivity index (χ0) is 16.1. The summed E-state index contributed by atoms with van der Waals surface area (Å²) in [6, 6.07) is 9.18. The van der Waals surface area contributed by atoms with Gasteiger partial charge >= 0.3 is 0 Å². The molecule has 3 rings (SSSR count). The van der Waals surface area contributed by atoms with Crippen LogP contribution in [0.2, 0.25) is 0 Å². The van der Waals surface area contributed by atoms with Crippen molar-refractivity contribution in [1.29, 1.82) is 0 Å². The number of pyridine rings is 1. The van der Waals surface area contributed by atoms with Crippen LogP contribution >= 0.6 is 0 Å². The summed E-state index contributed by atoms with van der Waals surface area (Å²) in [5.41, 5.74) is 1.73. The maximum atomic E-state index is 12.0. The maximum Gasteiger partial charge on any atom is 0.251 e. The Morgan fingerprint density at radius 2 is 2.26 bits per heavy atom. The van der Waals surface area contributed by atoms with Gasteiger partial charge in [-0.2, -0.15) is 5.10 Å². The van der Waals surface area contributed by atoms with Crippen LogP contribution in [0.1, 0.15) is 5.56 Å². The third kappa shape index (κ3) is 3.64. The molecule has 2 N–H and O–H groups in total. The second-order valence-electron chi connectivity index (χ2n) is 4.89. The predicted molar refractivity (Wildman–Crippen MR) is 85.2 cm³/mol. The number of nitrogens with zero attached hydrogens (tertiary/aromatic N) is 2. The van der Waals surface area contributed by atoms with Gasteiger partial charge in [0, 0.05) is 17.8 Å². The molecule has 1 amide bonds. The van der Waals surface area contributed by atoms with Crippen LogP contribution in [0.5, 0.6) is 5.75 Å². The first kappa shape index (κ1) is 15.0. The smallest absolute Gasteiger partial charge is 0.251 e. The number of aromatic amines is 1. The molecule has 0 bridgehead atoms. The second-order valence-corrected chi connectivity index (χ2v) is 4.89. The summed E-state index contributed by atoms with van der Waals surface area (Å²) < 4.78 is 10.6. The fourth-order valence-electron chi connectivity index (χ4n) is 2.13. The van der Waals surface area contributed by atoms with Gasteiger partial charge in [-0.05, 0) is 29.8 Å². The number of anilines is 1. The number of hydrogen-bond acceptors (Lipinski definition) is 5. The molecule has 0 spiro atoms. The number of rotatable bonds is 6. The molecule has 118 valence electrons. The number of ether oxygens (including phenoxy) is 2. The molecule has 0 fully saturated rings. The molecular formula is C16H16N4O3. The van der Waals surface area contributed by atoms with Gasteiger partial charge in [0.1, 0.15) is 12.4 Å². The number of aromatic nitrogens is 3. The Morgan fingerprint density at radius 1 is 1.35 bits per heavy atom. The van der Waals surface area contributed by atoms with E-state index >= 15 is 0 Å². The SMILES string of the molecule is COc1ccc2[nH]nc(NC(=O)COCc3cccnc3)c2c1.